The SMILES string of the molecule is C=C(Cc1ccc2c(c1)OCO2)C(=O)OC(C)C. The predicted octanol–water partition coefficient (Wildman–Crippen LogP) is 2.47. The topological polar surface area (TPSA) is 44.8 Å². The molecule has 0 saturated heterocycles. The molecule has 18 heavy (non-hydrogen) atoms. The molecule has 1 aromatic rings. The van der Waals surface area contributed by atoms with Crippen molar-refractivity contribution in [2.24, 2.45) is 0 Å². The van der Waals surface area contributed by atoms with Gasteiger partial charge in [0, 0.05) is 12.0 Å². The number of esters is 1. The number of ether oxygens (including phenoxy) is 3. The summed E-state index contributed by atoms with van der Waals surface area (Å²) in [4.78, 5) is 11.6. The maximum atomic E-state index is 11.6. The minimum atomic E-state index is -0.359. The molecule has 0 saturated carbocycles. The van der Waals surface area contributed by atoms with Crippen LogP contribution < -0.4 is 9.47 Å². The lowest BCUT2D eigenvalue weighted by Gasteiger charge is -2.10. The molecule has 0 bridgehead atoms. The van der Waals surface area contributed by atoms with E-state index in [1.165, 1.54) is 0 Å². The van der Waals surface area contributed by atoms with E-state index in [2.05, 4.69) is 6.58 Å². The molecule has 1 aliphatic rings. The molecule has 0 aliphatic carbocycles. The van der Waals surface area contributed by atoms with Crippen LogP contribution in [0.2, 0.25) is 0 Å². The van der Waals surface area contributed by atoms with Crippen molar-refractivity contribution in [3.05, 3.63) is 35.9 Å². The predicted molar refractivity (Wildman–Crippen MR) is 66.6 cm³/mol. The van der Waals surface area contributed by atoms with E-state index in [-0.39, 0.29) is 18.9 Å². The zero-order chi connectivity index (χ0) is 13.1. The molecule has 0 spiro atoms. The Hall–Kier alpha value is -1.97. The molecule has 0 radical (unpaired) electrons. The Morgan fingerprint density at radius 1 is 1.39 bits per heavy atom. The van der Waals surface area contributed by atoms with Crippen LogP contribution in [0.3, 0.4) is 0 Å². The second-order valence-electron chi connectivity index (χ2n) is 4.42. The monoisotopic (exact) mass is 248 g/mol. The standard InChI is InChI=1S/C14H16O4/c1-9(2)18-14(15)10(3)6-11-4-5-12-13(7-11)17-8-16-12/h4-5,7,9H,3,6,8H2,1-2H3. The molecule has 1 aliphatic heterocycles. The van der Waals surface area contributed by atoms with Crippen LogP contribution in [-0.4, -0.2) is 18.9 Å². The summed E-state index contributed by atoms with van der Waals surface area (Å²) in [5.41, 5.74) is 1.38. The van der Waals surface area contributed by atoms with Crippen molar-refractivity contribution in [3.63, 3.8) is 0 Å². The fourth-order valence-electron chi connectivity index (χ4n) is 1.67. The van der Waals surface area contributed by atoms with Crippen molar-refractivity contribution in [1.82, 2.24) is 0 Å². The van der Waals surface area contributed by atoms with Crippen LogP contribution in [0.25, 0.3) is 0 Å². The van der Waals surface area contributed by atoms with E-state index >= 15 is 0 Å². The summed E-state index contributed by atoms with van der Waals surface area (Å²) in [6.07, 6.45) is 0.313. The van der Waals surface area contributed by atoms with Crippen molar-refractivity contribution < 1.29 is 19.0 Å². The lowest BCUT2D eigenvalue weighted by atomic mass is 10.1. The van der Waals surface area contributed by atoms with E-state index in [0.29, 0.717) is 17.7 Å². The molecule has 0 N–H and O–H groups in total. The van der Waals surface area contributed by atoms with Crippen LogP contribution in [0.5, 0.6) is 11.5 Å². The second-order valence-corrected chi connectivity index (χ2v) is 4.42. The molecule has 96 valence electrons. The maximum Gasteiger partial charge on any atom is 0.333 e. The molecular weight excluding hydrogens is 232 g/mol. The van der Waals surface area contributed by atoms with Crippen LogP contribution in [-0.2, 0) is 16.0 Å². The van der Waals surface area contributed by atoms with E-state index in [0.717, 1.165) is 11.3 Å². The highest BCUT2D eigenvalue weighted by molar-refractivity contribution is 5.88. The minimum Gasteiger partial charge on any atom is -0.460 e. The minimum absolute atomic E-state index is 0.133. The second kappa shape index (κ2) is 5.12. The smallest absolute Gasteiger partial charge is 0.333 e. The summed E-state index contributed by atoms with van der Waals surface area (Å²) in [6, 6.07) is 5.58. The van der Waals surface area contributed by atoms with Gasteiger partial charge >= 0.3 is 5.97 Å². The first-order valence-corrected chi connectivity index (χ1v) is 5.83. The van der Waals surface area contributed by atoms with Gasteiger partial charge in [-0.15, -0.1) is 0 Å². The molecule has 1 heterocycles. The van der Waals surface area contributed by atoms with Crippen molar-refractivity contribution in [2.75, 3.05) is 6.79 Å². The van der Waals surface area contributed by atoms with E-state index in [9.17, 15) is 4.79 Å². The van der Waals surface area contributed by atoms with Gasteiger partial charge in [-0.05, 0) is 31.5 Å². The van der Waals surface area contributed by atoms with E-state index in [1.807, 2.05) is 32.0 Å². The van der Waals surface area contributed by atoms with Crippen LogP contribution >= 0.6 is 0 Å². The Labute approximate surface area is 106 Å². The van der Waals surface area contributed by atoms with E-state index in [1.54, 1.807) is 0 Å². The number of fused-ring (bicyclic) bond motifs is 1. The average Bonchev–Trinajstić information content (AvgIpc) is 2.75. The lowest BCUT2D eigenvalue weighted by molar-refractivity contribution is -0.142. The third-order valence-electron chi connectivity index (χ3n) is 2.49. The van der Waals surface area contributed by atoms with Crippen LogP contribution in [0, 0.1) is 0 Å². The summed E-state index contributed by atoms with van der Waals surface area (Å²) in [6.45, 7) is 7.62. The third kappa shape index (κ3) is 2.83. The molecule has 0 atom stereocenters. The first kappa shape index (κ1) is 12.5. The molecule has 0 fully saturated rings. The van der Waals surface area contributed by atoms with Gasteiger partial charge in [-0.1, -0.05) is 12.6 Å². The van der Waals surface area contributed by atoms with Gasteiger partial charge in [0.15, 0.2) is 11.5 Å². The zero-order valence-corrected chi connectivity index (χ0v) is 10.6. The van der Waals surface area contributed by atoms with Crippen LogP contribution in [0.4, 0.5) is 0 Å². The van der Waals surface area contributed by atoms with Crippen molar-refractivity contribution >= 4 is 5.97 Å². The number of hydrogen-bond donors (Lipinski definition) is 0. The largest absolute Gasteiger partial charge is 0.460 e. The molecular formula is C14H16O4. The summed E-state index contributed by atoms with van der Waals surface area (Å²) < 4.78 is 15.6. The molecule has 0 aromatic heterocycles. The summed E-state index contributed by atoms with van der Waals surface area (Å²) in [5.74, 6) is 1.08. The zero-order valence-electron chi connectivity index (χ0n) is 10.6. The number of benzene rings is 1. The van der Waals surface area contributed by atoms with Crippen LogP contribution in [0.15, 0.2) is 30.4 Å². The number of carbonyl (C=O) groups is 1. The quantitative estimate of drug-likeness (QED) is 0.606. The van der Waals surface area contributed by atoms with E-state index in [4.69, 9.17) is 14.2 Å². The Morgan fingerprint density at radius 2 is 2.11 bits per heavy atom. The summed E-state index contributed by atoms with van der Waals surface area (Å²) >= 11 is 0. The Bertz CT molecular complexity index is 477. The van der Waals surface area contributed by atoms with Crippen molar-refractivity contribution in [3.8, 4) is 11.5 Å². The summed E-state index contributed by atoms with van der Waals surface area (Å²) in [7, 11) is 0. The molecule has 4 heteroatoms. The Balaban J connectivity index is 2.01. The van der Waals surface area contributed by atoms with Crippen molar-refractivity contribution in [1.29, 1.82) is 0 Å². The van der Waals surface area contributed by atoms with Gasteiger partial charge in [0.2, 0.25) is 6.79 Å². The Morgan fingerprint density at radius 3 is 2.83 bits per heavy atom. The normalized spacial score (nSPS) is 12.6. The first-order valence-electron chi connectivity index (χ1n) is 5.83. The highest BCUT2D eigenvalue weighted by atomic mass is 16.7. The van der Waals surface area contributed by atoms with Gasteiger partial charge in [-0.25, -0.2) is 4.79 Å². The highest BCUT2D eigenvalue weighted by Crippen LogP contribution is 2.33. The van der Waals surface area contributed by atoms with Crippen LogP contribution in [0.1, 0.15) is 19.4 Å². The molecule has 0 unspecified atom stereocenters. The number of rotatable bonds is 4. The van der Waals surface area contributed by atoms with Gasteiger partial charge < -0.3 is 14.2 Å². The van der Waals surface area contributed by atoms with Gasteiger partial charge in [-0.2, -0.15) is 0 Å². The number of carbonyl (C=O) groups excluding carboxylic acids is 1. The van der Waals surface area contributed by atoms with E-state index < -0.39 is 0 Å². The molecule has 2 rings (SSSR count). The molecule has 1 aromatic carbocycles. The Kier molecular flexibility index (Phi) is 3.55. The molecule has 0 amide bonds. The fraction of sp³-hybridized carbons (Fsp3) is 0.357. The van der Waals surface area contributed by atoms with Gasteiger partial charge in [0.25, 0.3) is 0 Å². The average molecular weight is 248 g/mol. The maximum absolute atomic E-state index is 11.6. The third-order valence-corrected chi connectivity index (χ3v) is 2.49. The lowest BCUT2D eigenvalue weighted by Crippen LogP contribution is -2.14. The fourth-order valence-corrected chi connectivity index (χ4v) is 1.67. The van der Waals surface area contributed by atoms with Crippen molar-refractivity contribution in [2.45, 2.75) is 26.4 Å². The summed E-state index contributed by atoms with van der Waals surface area (Å²) in [5, 5.41) is 0. The van der Waals surface area contributed by atoms with Gasteiger partial charge in [-0.3, -0.25) is 0 Å². The first-order chi connectivity index (χ1) is 8.56. The van der Waals surface area contributed by atoms with Gasteiger partial charge in [0.05, 0.1) is 6.10 Å². The molecule has 4 nitrogen and oxygen atoms in total. The highest BCUT2D eigenvalue weighted by Gasteiger charge is 2.15. The van der Waals surface area contributed by atoms with Gasteiger partial charge in [0.1, 0.15) is 0 Å². The number of hydrogen-bond acceptors (Lipinski definition) is 4.